The minimum atomic E-state index is -2.85. The van der Waals surface area contributed by atoms with E-state index in [0.717, 1.165) is 24.9 Å². The summed E-state index contributed by atoms with van der Waals surface area (Å²) in [6, 6.07) is 12.5. The summed E-state index contributed by atoms with van der Waals surface area (Å²) in [5.41, 5.74) is 2.11. The summed E-state index contributed by atoms with van der Waals surface area (Å²) in [6.45, 7) is 3.38. The Morgan fingerprint density at radius 1 is 1.14 bits per heavy atom. The van der Waals surface area contributed by atoms with Gasteiger partial charge in [0, 0.05) is 38.8 Å². The summed E-state index contributed by atoms with van der Waals surface area (Å²) in [4.78, 5) is 25.9. The number of rotatable bonds is 7. The Hall–Kier alpha value is -3.58. The summed E-state index contributed by atoms with van der Waals surface area (Å²) >= 11 is 0. The standard InChI is InChI=1S/C25H28F2N6O2/c1-4-18-15-32(23-22-21(31(3)25(34)30-23)11-8-17(14-28)29-22)12-13-33(18)20(5-2)16-6-9-19(10-7-16)35-24(26)27/h6-11,18,20,24H,4-5,12-13,15H2,1-3H3. The second kappa shape index (κ2) is 10.4. The van der Waals surface area contributed by atoms with Crippen molar-refractivity contribution in [3.8, 4) is 11.8 Å². The third-order valence-corrected chi connectivity index (χ3v) is 6.63. The van der Waals surface area contributed by atoms with Crippen molar-refractivity contribution < 1.29 is 13.5 Å². The fourth-order valence-electron chi connectivity index (χ4n) is 4.86. The Morgan fingerprint density at radius 2 is 1.89 bits per heavy atom. The van der Waals surface area contributed by atoms with Gasteiger partial charge >= 0.3 is 12.3 Å². The molecule has 1 saturated heterocycles. The van der Waals surface area contributed by atoms with E-state index < -0.39 is 6.61 Å². The Morgan fingerprint density at radius 3 is 2.51 bits per heavy atom. The van der Waals surface area contributed by atoms with Crippen molar-refractivity contribution in [2.24, 2.45) is 7.05 Å². The van der Waals surface area contributed by atoms with Gasteiger partial charge < -0.3 is 9.64 Å². The second-order valence-electron chi connectivity index (χ2n) is 8.57. The first-order valence-electron chi connectivity index (χ1n) is 11.7. The Balaban J connectivity index is 1.62. The molecule has 2 aromatic heterocycles. The first-order chi connectivity index (χ1) is 16.9. The summed E-state index contributed by atoms with van der Waals surface area (Å²) in [5.74, 6) is 0.642. The molecular weight excluding hydrogens is 454 g/mol. The molecule has 3 aromatic rings. The van der Waals surface area contributed by atoms with Crippen molar-refractivity contribution in [2.45, 2.75) is 45.4 Å². The Bertz CT molecular complexity index is 1290. The third-order valence-electron chi connectivity index (χ3n) is 6.63. The topological polar surface area (TPSA) is 87.3 Å². The lowest BCUT2D eigenvalue weighted by Gasteiger charge is -2.45. The lowest BCUT2D eigenvalue weighted by Crippen LogP contribution is -2.54. The van der Waals surface area contributed by atoms with Crippen LogP contribution in [-0.2, 0) is 7.05 Å². The van der Waals surface area contributed by atoms with E-state index >= 15 is 0 Å². The van der Waals surface area contributed by atoms with E-state index in [0.29, 0.717) is 29.9 Å². The van der Waals surface area contributed by atoms with E-state index in [-0.39, 0.29) is 29.2 Å². The van der Waals surface area contributed by atoms with Gasteiger partial charge in [-0.25, -0.2) is 9.78 Å². The molecular formula is C25H28F2N6O2. The molecule has 0 aliphatic carbocycles. The number of hydrogen-bond acceptors (Lipinski definition) is 7. The van der Waals surface area contributed by atoms with E-state index in [9.17, 15) is 18.8 Å². The molecule has 0 bridgehead atoms. The van der Waals surface area contributed by atoms with E-state index in [4.69, 9.17) is 0 Å². The number of ether oxygens (including phenoxy) is 1. The van der Waals surface area contributed by atoms with Crippen LogP contribution in [0.15, 0.2) is 41.2 Å². The van der Waals surface area contributed by atoms with Crippen molar-refractivity contribution in [3.05, 3.63) is 58.1 Å². The monoisotopic (exact) mass is 482 g/mol. The van der Waals surface area contributed by atoms with Crippen molar-refractivity contribution in [2.75, 3.05) is 24.5 Å². The number of nitriles is 1. The van der Waals surface area contributed by atoms with Crippen molar-refractivity contribution >= 4 is 16.9 Å². The average Bonchev–Trinajstić information content (AvgIpc) is 2.87. The number of aromatic nitrogens is 3. The van der Waals surface area contributed by atoms with Gasteiger partial charge in [-0.1, -0.05) is 26.0 Å². The molecule has 4 rings (SSSR count). The number of halogens is 2. The maximum atomic E-state index is 12.6. The predicted octanol–water partition coefficient (Wildman–Crippen LogP) is 3.85. The van der Waals surface area contributed by atoms with Gasteiger partial charge in [-0.3, -0.25) is 9.47 Å². The van der Waals surface area contributed by atoms with Crippen LogP contribution in [0.3, 0.4) is 0 Å². The number of pyridine rings is 1. The molecule has 0 spiro atoms. The first-order valence-corrected chi connectivity index (χ1v) is 11.7. The second-order valence-corrected chi connectivity index (χ2v) is 8.57. The highest BCUT2D eigenvalue weighted by Crippen LogP contribution is 2.32. The van der Waals surface area contributed by atoms with Gasteiger partial charge in [0.1, 0.15) is 23.0 Å². The number of fused-ring (bicyclic) bond motifs is 1. The summed E-state index contributed by atoms with van der Waals surface area (Å²) in [6.07, 6.45) is 1.73. The van der Waals surface area contributed by atoms with Gasteiger partial charge in [0.05, 0.1) is 5.52 Å². The minimum Gasteiger partial charge on any atom is -0.435 e. The molecule has 1 aliphatic rings. The quantitative estimate of drug-likeness (QED) is 0.505. The molecule has 35 heavy (non-hydrogen) atoms. The van der Waals surface area contributed by atoms with Crippen LogP contribution in [0, 0.1) is 11.3 Å². The van der Waals surface area contributed by atoms with Crippen LogP contribution in [0.4, 0.5) is 14.6 Å². The van der Waals surface area contributed by atoms with E-state index in [1.165, 1.54) is 4.57 Å². The molecule has 8 nitrogen and oxygen atoms in total. The molecule has 0 amide bonds. The number of alkyl halides is 2. The van der Waals surface area contributed by atoms with E-state index in [2.05, 4.69) is 44.4 Å². The maximum Gasteiger partial charge on any atom is 0.387 e. The zero-order chi connectivity index (χ0) is 25.1. The maximum absolute atomic E-state index is 12.6. The zero-order valence-corrected chi connectivity index (χ0v) is 20.0. The molecule has 10 heteroatoms. The van der Waals surface area contributed by atoms with E-state index in [1.807, 2.05) is 12.1 Å². The summed E-state index contributed by atoms with van der Waals surface area (Å²) < 4.78 is 31.0. The molecule has 1 aliphatic heterocycles. The molecule has 1 aromatic carbocycles. The first kappa shape index (κ1) is 24.5. The Labute approximate surface area is 202 Å². The number of hydrogen-bond donors (Lipinski definition) is 0. The smallest absolute Gasteiger partial charge is 0.387 e. The highest BCUT2D eigenvalue weighted by molar-refractivity contribution is 5.86. The summed E-state index contributed by atoms with van der Waals surface area (Å²) in [7, 11) is 1.64. The Kier molecular flexibility index (Phi) is 7.26. The number of piperazine rings is 1. The van der Waals surface area contributed by atoms with Gasteiger partial charge in [0.15, 0.2) is 5.82 Å². The van der Waals surface area contributed by atoms with Crippen LogP contribution in [0.1, 0.15) is 44.0 Å². The predicted molar refractivity (Wildman–Crippen MR) is 129 cm³/mol. The molecule has 1 fully saturated rings. The lowest BCUT2D eigenvalue weighted by molar-refractivity contribution is -0.0498. The van der Waals surface area contributed by atoms with Crippen LogP contribution in [0.5, 0.6) is 5.75 Å². The average molecular weight is 483 g/mol. The molecule has 3 heterocycles. The number of benzene rings is 1. The van der Waals surface area contributed by atoms with Crippen molar-refractivity contribution in [1.82, 2.24) is 19.4 Å². The van der Waals surface area contributed by atoms with Gasteiger partial charge in [-0.15, -0.1) is 0 Å². The zero-order valence-electron chi connectivity index (χ0n) is 20.0. The van der Waals surface area contributed by atoms with Gasteiger partial charge in [-0.2, -0.15) is 19.0 Å². The van der Waals surface area contributed by atoms with Crippen molar-refractivity contribution in [1.29, 1.82) is 5.26 Å². The number of aryl methyl sites for hydroxylation is 1. The highest BCUT2D eigenvalue weighted by atomic mass is 19.3. The number of nitrogens with zero attached hydrogens (tertiary/aromatic N) is 6. The fraction of sp³-hybridized carbons (Fsp3) is 0.440. The third kappa shape index (κ3) is 4.95. The fourth-order valence-corrected chi connectivity index (χ4v) is 4.86. The molecule has 2 atom stereocenters. The summed E-state index contributed by atoms with van der Waals surface area (Å²) in [5, 5.41) is 9.33. The van der Waals surface area contributed by atoms with Crippen molar-refractivity contribution in [3.63, 3.8) is 0 Å². The van der Waals surface area contributed by atoms with Crippen LogP contribution in [0.2, 0.25) is 0 Å². The SMILES string of the molecule is CCC1CN(c2nc(=O)n(C)c3ccc(C#N)nc23)CCN1C(CC)c1ccc(OC(F)F)cc1. The van der Waals surface area contributed by atoms with Gasteiger partial charge in [-0.05, 0) is 42.7 Å². The molecule has 0 N–H and O–H groups in total. The van der Waals surface area contributed by atoms with Crippen LogP contribution in [-0.4, -0.2) is 51.7 Å². The molecule has 0 radical (unpaired) electrons. The van der Waals surface area contributed by atoms with Gasteiger partial charge in [0.2, 0.25) is 0 Å². The van der Waals surface area contributed by atoms with Crippen LogP contribution < -0.4 is 15.3 Å². The van der Waals surface area contributed by atoms with E-state index in [1.54, 1.807) is 31.3 Å². The lowest BCUT2D eigenvalue weighted by atomic mass is 9.98. The van der Waals surface area contributed by atoms with Gasteiger partial charge in [0.25, 0.3) is 0 Å². The minimum absolute atomic E-state index is 0.111. The molecule has 184 valence electrons. The highest BCUT2D eigenvalue weighted by Gasteiger charge is 2.32. The largest absolute Gasteiger partial charge is 0.435 e. The molecule has 0 saturated carbocycles. The normalized spacial score (nSPS) is 17.5. The number of anilines is 1. The van der Waals surface area contributed by atoms with Crippen LogP contribution in [0.25, 0.3) is 11.0 Å². The van der Waals surface area contributed by atoms with Crippen LogP contribution >= 0.6 is 0 Å². The molecule has 2 unspecified atom stereocenters.